The summed E-state index contributed by atoms with van der Waals surface area (Å²) in [6.07, 6.45) is 2.44. The number of amides is 1. The van der Waals surface area contributed by atoms with Crippen LogP contribution in [-0.4, -0.2) is 17.4 Å². The maximum atomic E-state index is 12.2. The van der Waals surface area contributed by atoms with Crippen molar-refractivity contribution in [2.45, 2.75) is 6.42 Å². The summed E-state index contributed by atoms with van der Waals surface area (Å²) in [7, 11) is 0. The molecular formula is C20H18ClN3O. The largest absolute Gasteiger partial charge is 0.370 e. The van der Waals surface area contributed by atoms with E-state index in [9.17, 15) is 4.79 Å². The van der Waals surface area contributed by atoms with Crippen molar-refractivity contribution in [1.29, 1.82) is 0 Å². The maximum absolute atomic E-state index is 12.2. The minimum absolute atomic E-state index is 0.175. The highest BCUT2D eigenvalue weighted by Gasteiger charge is 2.06. The molecule has 0 radical (unpaired) electrons. The lowest BCUT2D eigenvalue weighted by Crippen LogP contribution is -2.12. The number of aromatic nitrogens is 1. The molecule has 2 N–H and O–H groups in total. The molecule has 2 aromatic carbocycles. The van der Waals surface area contributed by atoms with Crippen molar-refractivity contribution >= 4 is 29.0 Å². The van der Waals surface area contributed by atoms with Gasteiger partial charge in [0.1, 0.15) is 5.82 Å². The predicted octanol–water partition coefficient (Wildman–Crippen LogP) is 4.64. The Kier molecular flexibility index (Phi) is 5.65. The molecule has 0 saturated heterocycles. The molecular weight excluding hydrogens is 334 g/mol. The van der Waals surface area contributed by atoms with Crippen LogP contribution in [0.2, 0.25) is 5.02 Å². The summed E-state index contributed by atoms with van der Waals surface area (Å²) in [5.41, 5.74) is 2.49. The number of rotatable bonds is 6. The van der Waals surface area contributed by atoms with Crippen molar-refractivity contribution in [3.63, 3.8) is 0 Å². The van der Waals surface area contributed by atoms with E-state index in [-0.39, 0.29) is 5.91 Å². The molecule has 0 bridgehead atoms. The average Bonchev–Trinajstić information content (AvgIpc) is 2.65. The number of para-hydroxylation sites is 1. The number of carbonyl (C=O) groups excluding carboxylic acids is 1. The highest BCUT2D eigenvalue weighted by Crippen LogP contribution is 2.12. The summed E-state index contributed by atoms with van der Waals surface area (Å²) in [5.74, 6) is 0.566. The SMILES string of the molecule is O=C(Nc1ccccc1)c1ccc(NCCc2ccc(Cl)cc2)nc1. The summed E-state index contributed by atoms with van der Waals surface area (Å²) in [5, 5.41) is 6.82. The summed E-state index contributed by atoms with van der Waals surface area (Å²) in [4.78, 5) is 16.5. The first-order valence-corrected chi connectivity index (χ1v) is 8.39. The number of halogens is 1. The van der Waals surface area contributed by atoms with Crippen LogP contribution >= 0.6 is 11.6 Å². The Labute approximate surface area is 151 Å². The van der Waals surface area contributed by atoms with Gasteiger partial charge >= 0.3 is 0 Å². The van der Waals surface area contributed by atoms with Gasteiger partial charge in [0, 0.05) is 23.5 Å². The van der Waals surface area contributed by atoms with Crippen LogP contribution in [0.15, 0.2) is 72.9 Å². The van der Waals surface area contributed by atoms with Gasteiger partial charge < -0.3 is 10.6 Å². The number of nitrogens with zero attached hydrogens (tertiary/aromatic N) is 1. The van der Waals surface area contributed by atoms with Gasteiger partial charge in [-0.1, -0.05) is 41.9 Å². The van der Waals surface area contributed by atoms with Crippen molar-refractivity contribution in [1.82, 2.24) is 4.98 Å². The maximum Gasteiger partial charge on any atom is 0.257 e. The fourth-order valence-electron chi connectivity index (χ4n) is 2.34. The third-order valence-electron chi connectivity index (χ3n) is 3.69. The van der Waals surface area contributed by atoms with Gasteiger partial charge in [0.05, 0.1) is 5.56 Å². The Hall–Kier alpha value is -2.85. The lowest BCUT2D eigenvalue weighted by molar-refractivity contribution is 0.102. The molecule has 1 heterocycles. The van der Waals surface area contributed by atoms with E-state index >= 15 is 0 Å². The number of carbonyl (C=O) groups is 1. The van der Waals surface area contributed by atoms with Crippen LogP contribution in [0.25, 0.3) is 0 Å². The highest BCUT2D eigenvalue weighted by molar-refractivity contribution is 6.30. The van der Waals surface area contributed by atoms with Gasteiger partial charge in [-0.3, -0.25) is 4.79 Å². The molecule has 0 saturated carbocycles. The normalized spacial score (nSPS) is 10.3. The van der Waals surface area contributed by atoms with Crippen LogP contribution in [0.5, 0.6) is 0 Å². The molecule has 1 amide bonds. The van der Waals surface area contributed by atoms with Gasteiger partial charge in [-0.15, -0.1) is 0 Å². The van der Waals surface area contributed by atoms with Gasteiger partial charge in [0.2, 0.25) is 0 Å². The first-order valence-electron chi connectivity index (χ1n) is 8.01. The minimum Gasteiger partial charge on any atom is -0.370 e. The van der Waals surface area contributed by atoms with E-state index in [1.54, 1.807) is 12.3 Å². The first kappa shape index (κ1) is 17.0. The van der Waals surface area contributed by atoms with Crippen molar-refractivity contribution < 1.29 is 4.79 Å². The molecule has 5 heteroatoms. The van der Waals surface area contributed by atoms with E-state index < -0.39 is 0 Å². The van der Waals surface area contributed by atoms with Crippen LogP contribution in [0.3, 0.4) is 0 Å². The lowest BCUT2D eigenvalue weighted by Gasteiger charge is -2.08. The molecule has 0 atom stereocenters. The van der Waals surface area contributed by atoms with Crippen molar-refractivity contribution in [2.75, 3.05) is 17.2 Å². The van der Waals surface area contributed by atoms with Gasteiger partial charge in [-0.05, 0) is 48.4 Å². The number of hydrogen-bond acceptors (Lipinski definition) is 3. The number of nitrogens with one attached hydrogen (secondary N) is 2. The van der Waals surface area contributed by atoms with E-state index in [2.05, 4.69) is 15.6 Å². The lowest BCUT2D eigenvalue weighted by atomic mass is 10.1. The fourth-order valence-corrected chi connectivity index (χ4v) is 2.47. The quantitative estimate of drug-likeness (QED) is 0.680. The van der Waals surface area contributed by atoms with Gasteiger partial charge in [0.25, 0.3) is 5.91 Å². The van der Waals surface area contributed by atoms with Crippen LogP contribution < -0.4 is 10.6 Å². The fraction of sp³-hybridized carbons (Fsp3) is 0.100. The average molecular weight is 352 g/mol. The topological polar surface area (TPSA) is 54.0 Å². The van der Waals surface area contributed by atoms with Gasteiger partial charge in [-0.25, -0.2) is 4.98 Å². The van der Waals surface area contributed by atoms with Crippen molar-refractivity contribution in [3.05, 3.63) is 89.1 Å². The number of benzene rings is 2. The second-order valence-electron chi connectivity index (χ2n) is 5.56. The van der Waals surface area contributed by atoms with E-state index in [4.69, 9.17) is 11.6 Å². The molecule has 0 aliphatic rings. The molecule has 1 aromatic heterocycles. The first-order chi connectivity index (χ1) is 12.2. The number of anilines is 2. The zero-order valence-corrected chi connectivity index (χ0v) is 14.3. The van der Waals surface area contributed by atoms with E-state index in [1.165, 1.54) is 5.56 Å². The summed E-state index contributed by atoms with van der Waals surface area (Å²) >= 11 is 5.87. The van der Waals surface area contributed by atoms with Gasteiger partial charge in [0.15, 0.2) is 0 Å². The minimum atomic E-state index is -0.175. The monoisotopic (exact) mass is 351 g/mol. The van der Waals surface area contributed by atoms with Crippen molar-refractivity contribution in [2.24, 2.45) is 0 Å². The highest BCUT2D eigenvalue weighted by atomic mass is 35.5. The summed E-state index contributed by atoms with van der Waals surface area (Å²) in [6.45, 7) is 0.754. The molecule has 0 unspecified atom stereocenters. The van der Waals surface area contributed by atoms with Crippen LogP contribution in [0.4, 0.5) is 11.5 Å². The van der Waals surface area contributed by atoms with Crippen LogP contribution in [0.1, 0.15) is 15.9 Å². The molecule has 0 aliphatic carbocycles. The molecule has 3 rings (SSSR count). The van der Waals surface area contributed by atoms with E-state index in [0.717, 1.165) is 29.5 Å². The summed E-state index contributed by atoms with van der Waals surface area (Å²) in [6, 6.07) is 20.7. The Morgan fingerprint density at radius 1 is 0.960 bits per heavy atom. The van der Waals surface area contributed by atoms with E-state index in [1.807, 2.05) is 60.7 Å². The smallest absolute Gasteiger partial charge is 0.257 e. The van der Waals surface area contributed by atoms with Crippen molar-refractivity contribution in [3.8, 4) is 0 Å². The Bertz CT molecular complexity index is 818. The molecule has 4 nitrogen and oxygen atoms in total. The molecule has 3 aromatic rings. The molecule has 25 heavy (non-hydrogen) atoms. The molecule has 0 fully saturated rings. The zero-order valence-electron chi connectivity index (χ0n) is 13.6. The third kappa shape index (κ3) is 5.06. The summed E-state index contributed by atoms with van der Waals surface area (Å²) < 4.78 is 0. The zero-order chi connectivity index (χ0) is 17.5. The Balaban J connectivity index is 1.51. The van der Waals surface area contributed by atoms with E-state index in [0.29, 0.717) is 5.56 Å². The van der Waals surface area contributed by atoms with Gasteiger partial charge in [-0.2, -0.15) is 0 Å². The number of pyridine rings is 1. The second-order valence-corrected chi connectivity index (χ2v) is 5.99. The predicted molar refractivity (Wildman–Crippen MR) is 102 cm³/mol. The molecule has 0 aliphatic heterocycles. The second kappa shape index (κ2) is 8.31. The molecule has 0 spiro atoms. The third-order valence-corrected chi connectivity index (χ3v) is 3.94. The standard InChI is InChI=1S/C20H18ClN3O/c21-17-9-6-15(7-10-17)12-13-22-19-11-8-16(14-23-19)20(25)24-18-4-2-1-3-5-18/h1-11,14H,12-13H2,(H,22,23)(H,24,25). The number of hydrogen-bond donors (Lipinski definition) is 2. The van der Waals surface area contributed by atoms with Crippen LogP contribution in [-0.2, 0) is 6.42 Å². The van der Waals surface area contributed by atoms with Crippen LogP contribution in [0, 0.1) is 0 Å². The Morgan fingerprint density at radius 2 is 1.72 bits per heavy atom. The molecule has 126 valence electrons. The Morgan fingerprint density at radius 3 is 2.40 bits per heavy atom.